The van der Waals surface area contributed by atoms with Gasteiger partial charge in [-0.2, -0.15) is 0 Å². The lowest BCUT2D eigenvalue weighted by Gasteiger charge is -2.33. The van der Waals surface area contributed by atoms with Crippen molar-refractivity contribution in [2.75, 3.05) is 0 Å². The Balaban J connectivity index is 2.26. The highest BCUT2D eigenvalue weighted by Gasteiger charge is 2.64. The van der Waals surface area contributed by atoms with E-state index >= 15 is 8.78 Å². The summed E-state index contributed by atoms with van der Waals surface area (Å²) in [6, 6.07) is 0. The van der Waals surface area contributed by atoms with Crippen molar-refractivity contribution >= 4 is 0 Å². The van der Waals surface area contributed by atoms with E-state index in [0.29, 0.717) is 25.0 Å². The average Bonchev–Trinajstić information content (AvgIpc) is 2.96. The summed E-state index contributed by atoms with van der Waals surface area (Å²) in [4.78, 5) is 0. The second-order valence-electron chi connectivity index (χ2n) is 9.35. The first kappa shape index (κ1) is 16.0. The Morgan fingerprint density at radius 1 is 0.864 bits per heavy atom. The second-order valence-corrected chi connectivity index (χ2v) is 9.35. The molecular formula is C19H28F2O. The molecule has 3 rings (SSSR count). The summed E-state index contributed by atoms with van der Waals surface area (Å²) < 4.78 is 36.9. The largest absolute Gasteiger partial charge is 0.464 e. The number of rotatable bonds is 0. The van der Waals surface area contributed by atoms with E-state index in [-0.39, 0.29) is 11.0 Å². The van der Waals surface area contributed by atoms with E-state index in [1.807, 2.05) is 20.8 Å². The Morgan fingerprint density at radius 3 is 1.82 bits per heavy atom. The molecule has 124 valence electrons. The highest BCUT2D eigenvalue weighted by Crippen LogP contribution is 2.65. The predicted octanol–water partition coefficient (Wildman–Crippen LogP) is 6.08. The van der Waals surface area contributed by atoms with E-state index in [4.69, 9.17) is 4.42 Å². The van der Waals surface area contributed by atoms with Gasteiger partial charge in [-0.25, -0.2) is 8.78 Å². The minimum atomic E-state index is -2.76. The van der Waals surface area contributed by atoms with Crippen LogP contribution < -0.4 is 0 Å². The van der Waals surface area contributed by atoms with Crippen LogP contribution in [0.15, 0.2) is 4.42 Å². The van der Waals surface area contributed by atoms with E-state index in [2.05, 4.69) is 20.8 Å². The monoisotopic (exact) mass is 310 g/mol. The van der Waals surface area contributed by atoms with Gasteiger partial charge in [0.25, 0.3) is 5.92 Å². The van der Waals surface area contributed by atoms with Gasteiger partial charge in [0.2, 0.25) is 0 Å². The zero-order valence-electron chi connectivity index (χ0n) is 14.7. The SMILES string of the molecule is CC(C)(C)c1oc(C(C)(C)C)c2c1CC1(CCCC1)C2(F)F. The van der Waals surface area contributed by atoms with Crippen LogP contribution in [0.4, 0.5) is 8.78 Å². The van der Waals surface area contributed by atoms with Crippen molar-refractivity contribution in [3.63, 3.8) is 0 Å². The van der Waals surface area contributed by atoms with Gasteiger partial charge < -0.3 is 4.42 Å². The number of furan rings is 1. The molecule has 0 N–H and O–H groups in total. The fourth-order valence-corrected chi connectivity index (χ4v) is 4.36. The molecule has 1 spiro atoms. The maximum Gasteiger partial charge on any atom is 0.282 e. The van der Waals surface area contributed by atoms with Crippen LogP contribution in [0.25, 0.3) is 0 Å². The normalized spacial score (nSPS) is 23.3. The minimum Gasteiger partial charge on any atom is -0.464 e. The van der Waals surface area contributed by atoms with Crippen LogP contribution in [-0.4, -0.2) is 0 Å². The van der Waals surface area contributed by atoms with Gasteiger partial charge in [-0.3, -0.25) is 0 Å². The standard InChI is InChI=1S/C19H28F2O/c1-16(2,3)14-12-11-18(9-7-8-10-18)19(20,21)13(12)15(22-14)17(4,5)6/h7-11H2,1-6H3. The number of halogens is 2. The van der Waals surface area contributed by atoms with E-state index < -0.39 is 16.8 Å². The molecule has 3 heteroatoms. The number of fused-ring (bicyclic) bond motifs is 1. The topological polar surface area (TPSA) is 13.1 Å². The van der Waals surface area contributed by atoms with E-state index in [9.17, 15) is 0 Å². The van der Waals surface area contributed by atoms with Crippen molar-refractivity contribution < 1.29 is 13.2 Å². The van der Waals surface area contributed by atoms with Crippen LogP contribution >= 0.6 is 0 Å². The molecule has 0 aromatic carbocycles. The Labute approximate surface area is 132 Å². The maximum atomic E-state index is 15.4. The molecule has 1 fully saturated rings. The van der Waals surface area contributed by atoms with Gasteiger partial charge >= 0.3 is 0 Å². The summed E-state index contributed by atoms with van der Waals surface area (Å²) in [7, 11) is 0. The van der Waals surface area contributed by atoms with Crippen LogP contribution in [0.3, 0.4) is 0 Å². The molecule has 22 heavy (non-hydrogen) atoms. The second kappa shape index (κ2) is 4.36. The van der Waals surface area contributed by atoms with Gasteiger partial charge in [0.05, 0.1) is 5.56 Å². The van der Waals surface area contributed by atoms with Crippen molar-refractivity contribution in [2.45, 2.75) is 90.4 Å². The molecule has 0 saturated heterocycles. The van der Waals surface area contributed by atoms with Gasteiger partial charge in [-0.1, -0.05) is 54.4 Å². The zero-order chi connectivity index (χ0) is 16.6. The molecule has 1 nitrogen and oxygen atoms in total. The third-order valence-electron chi connectivity index (χ3n) is 5.43. The highest BCUT2D eigenvalue weighted by atomic mass is 19.3. The molecule has 2 aliphatic rings. The minimum absolute atomic E-state index is 0.229. The Hall–Kier alpha value is -0.860. The summed E-state index contributed by atoms with van der Waals surface area (Å²) in [5, 5.41) is 0. The maximum absolute atomic E-state index is 15.4. The van der Waals surface area contributed by atoms with Crippen LogP contribution in [0.2, 0.25) is 0 Å². The number of hydrogen-bond donors (Lipinski definition) is 0. The molecule has 0 radical (unpaired) electrons. The quantitative estimate of drug-likeness (QED) is 0.565. The van der Waals surface area contributed by atoms with Crippen molar-refractivity contribution in [2.24, 2.45) is 5.41 Å². The molecule has 0 atom stereocenters. The highest BCUT2D eigenvalue weighted by molar-refractivity contribution is 5.48. The molecule has 2 aliphatic carbocycles. The molecular weight excluding hydrogens is 282 g/mol. The zero-order valence-corrected chi connectivity index (χ0v) is 14.7. The fraction of sp³-hybridized carbons (Fsp3) is 0.789. The van der Waals surface area contributed by atoms with Gasteiger partial charge in [0.15, 0.2) is 0 Å². The van der Waals surface area contributed by atoms with Crippen LogP contribution in [0.5, 0.6) is 0 Å². The van der Waals surface area contributed by atoms with Gasteiger partial charge in [0.1, 0.15) is 11.5 Å². The molecule has 1 saturated carbocycles. The summed E-state index contributed by atoms with van der Waals surface area (Å²) in [5.41, 5.74) is -0.459. The first-order valence-corrected chi connectivity index (χ1v) is 8.45. The lowest BCUT2D eigenvalue weighted by Crippen LogP contribution is -2.34. The Kier molecular flexibility index (Phi) is 3.17. The van der Waals surface area contributed by atoms with E-state index in [0.717, 1.165) is 24.2 Å². The summed E-state index contributed by atoms with van der Waals surface area (Å²) in [6.07, 6.45) is 3.62. The van der Waals surface area contributed by atoms with Gasteiger partial charge in [-0.05, 0) is 19.3 Å². The first-order chi connectivity index (χ1) is 9.90. The fourth-order valence-electron chi connectivity index (χ4n) is 4.36. The van der Waals surface area contributed by atoms with Crippen LogP contribution in [0, 0.1) is 5.41 Å². The third kappa shape index (κ3) is 2.00. The van der Waals surface area contributed by atoms with Gasteiger partial charge in [0, 0.05) is 21.8 Å². The molecule has 1 aromatic rings. The van der Waals surface area contributed by atoms with Crippen LogP contribution in [0.1, 0.15) is 89.9 Å². The van der Waals surface area contributed by atoms with E-state index in [1.54, 1.807) is 0 Å². The number of hydrogen-bond acceptors (Lipinski definition) is 1. The number of alkyl halides is 2. The molecule has 0 aliphatic heterocycles. The summed E-state index contributed by atoms with van der Waals surface area (Å²) >= 11 is 0. The van der Waals surface area contributed by atoms with Gasteiger partial charge in [-0.15, -0.1) is 0 Å². The molecule has 0 unspecified atom stereocenters. The Morgan fingerprint density at radius 2 is 1.36 bits per heavy atom. The van der Waals surface area contributed by atoms with Crippen molar-refractivity contribution in [3.8, 4) is 0 Å². The average molecular weight is 310 g/mol. The van der Waals surface area contributed by atoms with E-state index in [1.165, 1.54) is 0 Å². The smallest absolute Gasteiger partial charge is 0.282 e. The molecule has 1 aromatic heterocycles. The van der Waals surface area contributed by atoms with Crippen molar-refractivity contribution in [1.82, 2.24) is 0 Å². The lowest BCUT2D eigenvalue weighted by molar-refractivity contribution is -0.117. The summed E-state index contributed by atoms with van der Waals surface area (Å²) in [5.74, 6) is -1.48. The molecule has 0 amide bonds. The Bertz CT molecular complexity index is 590. The van der Waals surface area contributed by atoms with Crippen molar-refractivity contribution in [1.29, 1.82) is 0 Å². The molecule has 1 heterocycles. The first-order valence-electron chi connectivity index (χ1n) is 8.45. The van der Waals surface area contributed by atoms with Crippen LogP contribution in [-0.2, 0) is 23.2 Å². The third-order valence-corrected chi connectivity index (χ3v) is 5.43. The lowest BCUT2D eigenvalue weighted by atomic mass is 9.78. The predicted molar refractivity (Wildman–Crippen MR) is 84.6 cm³/mol. The van der Waals surface area contributed by atoms with Crippen molar-refractivity contribution in [3.05, 3.63) is 22.6 Å². The summed E-state index contributed by atoms with van der Waals surface area (Å²) in [6.45, 7) is 12.1. The molecule has 0 bridgehead atoms.